The van der Waals surface area contributed by atoms with E-state index >= 15 is 0 Å². The molecule has 1 heterocycles. The molecule has 5 nitrogen and oxygen atoms in total. The highest BCUT2D eigenvalue weighted by molar-refractivity contribution is 5.48. The summed E-state index contributed by atoms with van der Waals surface area (Å²) in [5.74, 6) is 2.49. The van der Waals surface area contributed by atoms with Gasteiger partial charge in [0.05, 0.1) is 0 Å². The highest BCUT2D eigenvalue weighted by Gasteiger charge is 2.17. The molecule has 1 aromatic rings. The number of nitrogens with one attached hydrogen (secondary N) is 3. The van der Waals surface area contributed by atoms with Crippen molar-refractivity contribution in [2.75, 3.05) is 30.8 Å². The summed E-state index contributed by atoms with van der Waals surface area (Å²) in [6, 6.07) is 1.94. The van der Waals surface area contributed by atoms with Gasteiger partial charge in [-0.2, -0.15) is 0 Å². The molecule has 0 aliphatic carbocycles. The normalized spacial score (nSPS) is 11.4. The SMILES string of the molecule is CCNc1cc(NC(C)(C)CNC)nc(C)n1. The Labute approximate surface area is 103 Å². The fraction of sp³-hybridized carbons (Fsp3) is 0.667. The summed E-state index contributed by atoms with van der Waals surface area (Å²) < 4.78 is 0. The van der Waals surface area contributed by atoms with Gasteiger partial charge >= 0.3 is 0 Å². The highest BCUT2D eigenvalue weighted by atomic mass is 15.1. The minimum absolute atomic E-state index is 0.0426. The number of rotatable bonds is 6. The van der Waals surface area contributed by atoms with Crippen LogP contribution < -0.4 is 16.0 Å². The lowest BCUT2D eigenvalue weighted by Crippen LogP contribution is -2.41. The van der Waals surface area contributed by atoms with E-state index in [4.69, 9.17) is 0 Å². The predicted molar refractivity (Wildman–Crippen MR) is 72.6 cm³/mol. The minimum Gasteiger partial charge on any atom is -0.370 e. The molecule has 1 rings (SSSR count). The van der Waals surface area contributed by atoms with Gasteiger partial charge in [0.2, 0.25) is 0 Å². The van der Waals surface area contributed by atoms with Gasteiger partial charge in [-0.1, -0.05) is 0 Å². The molecule has 17 heavy (non-hydrogen) atoms. The summed E-state index contributed by atoms with van der Waals surface area (Å²) in [6.07, 6.45) is 0. The Hall–Kier alpha value is -1.36. The lowest BCUT2D eigenvalue weighted by Gasteiger charge is -2.26. The van der Waals surface area contributed by atoms with Gasteiger partial charge < -0.3 is 16.0 Å². The van der Waals surface area contributed by atoms with Crippen LogP contribution in [0.1, 0.15) is 26.6 Å². The molecule has 1 aromatic heterocycles. The van der Waals surface area contributed by atoms with Crippen molar-refractivity contribution in [2.45, 2.75) is 33.2 Å². The van der Waals surface area contributed by atoms with Crippen molar-refractivity contribution in [3.8, 4) is 0 Å². The van der Waals surface area contributed by atoms with Crippen LogP contribution in [0.25, 0.3) is 0 Å². The third-order valence-electron chi connectivity index (χ3n) is 2.28. The van der Waals surface area contributed by atoms with Crippen LogP contribution >= 0.6 is 0 Å². The molecule has 0 saturated carbocycles. The first-order chi connectivity index (χ1) is 7.96. The molecular formula is C12H23N5. The molecule has 0 amide bonds. The van der Waals surface area contributed by atoms with Crippen LogP contribution in [0.4, 0.5) is 11.6 Å². The smallest absolute Gasteiger partial charge is 0.132 e. The average Bonchev–Trinajstić information content (AvgIpc) is 2.15. The standard InChI is InChI=1S/C12H23N5/c1-6-14-10-7-11(16-9(2)15-10)17-12(3,4)8-13-5/h7,13H,6,8H2,1-5H3,(H2,14,15,16,17). The Morgan fingerprint density at radius 3 is 2.47 bits per heavy atom. The number of hydrogen-bond donors (Lipinski definition) is 3. The molecule has 0 bridgehead atoms. The Bertz CT molecular complexity index is 362. The summed E-state index contributed by atoms with van der Waals surface area (Å²) in [5, 5.41) is 9.77. The van der Waals surface area contributed by atoms with Crippen LogP contribution in [0.15, 0.2) is 6.07 Å². The number of nitrogens with zero attached hydrogens (tertiary/aromatic N) is 2. The van der Waals surface area contributed by atoms with Crippen molar-refractivity contribution in [1.82, 2.24) is 15.3 Å². The zero-order valence-electron chi connectivity index (χ0n) is 11.4. The van der Waals surface area contributed by atoms with E-state index in [1.165, 1.54) is 0 Å². The van der Waals surface area contributed by atoms with Gasteiger partial charge in [0, 0.05) is 24.7 Å². The summed E-state index contributed by atoms with van der Waals surface area (Å²) in [7, 11) is 1.94. The van der Waals surface area contributed by atoms with Gasteiger partial charge in [-0.3, -0.25) is 0 Å². The number of anilines is 2. The maximum atomic E-state index is 4.39. The highest BCUT2D eigenvalue weighted by Crippen LogP contribution is 2.15. The van der Waals surface area contributed by atoms with E-state index in [0.29, 0.717) is 0 Å². The molecule has 0 saturated heterocycles. The third kappa shape index (κ3) is 4.56. The van der Waals surface area contributed by atoms with Crippen molar-refractivity contribution < 1.29 is 0 Å². The van der Waals surface area contributed by atoms with Gasteiger partial charge in [0.15, 0.2) is 0 Å². The summed E-state index contributed by atoms with van der Waals surface area (Å²) in [5.41, 5.74) is -0.0426. The topological polar surface area (TPSA) is 61.9 Å². The van der Waals surface area contributed by atoms with E-state index in [-0.39, 0.29) is 5.54 Å². The van der Waals surface area contributed by atoms with E-state index < -0.39 is 0 Å². The molecule has 3 N–H and O–H groups in total. The predicted octanol–water partition coefficient (Wildman–Crippen LogP) is 1.63. The first-order valence-electron chi connectivity index (χ1n) is 5.99. The van der Waals surface area contributed by atoms with Gasteiger partial charge in [0.25, 0.3) is 0 Å². The minimum atomic E-state index is -0.0426. The largest absolute Gasteiger partial charge is 0.370 e. The molecule has 0 aliphatic rings. The Morgan fingerprint density at radius 2 is 1.88 bits per heavy atom. The second-order valence-electron chi connectivity index (χ2n) is 4.76. The van der Waals surface area contributed by atoms with Crippen LogP contribution in [-0.2, 0) is 0 Å². The van der Waals surface area contributed by atoms with Gasteiger partial charge in [-0.15, -0.1) is 0 Å². The first kappa shape index (κ1) is 13.7. The summed E-state index contributed by atoms with van der Waals surface area (Å²) >= 11 is 0. The van der Waals surface area contributed by atoms with E-state index in [0.717, 1.165) is 30.5 Å². The summed E-state index contributed by atoms with van der Waals surface area (Å²) in [4.78, 5) is 8.72. The van der Waals surface area contributed by atoms with E-state index in [1.54, 1.807) is 0 Å². The maximum absolute atomic E-state index is 4.39. The van der Waals surface area contributed by atoms with Crippen molar-refractivity contribution in [2.24, 2.45) is 0 Å². The first-order valence-corrected chi connectivity index (χ1v) is 5.99. The molecule has 96 valence electrons. The van der Waals surface area contributed by atoms with Crippen LogP contribution in [0.5, 0.6) is 0 Å². The Kier molecular flexibility index (Phi) is 4.69. The van der Waals surface area contributed by atoms with Crippen molar-refractivity contribution in [3.05, 3.63) is 11.9 Å². The number of aryl methyl sites for hydroxylation is 1. The Morgan fingerprint density at radius 1 is 1.24 bits per heavy atom. The molecule has 0 aliphatic heterocycles. The molecule has 0 fully saturated rings. The average molecular weight is 237 g/mol. The quantitative estimate of drug-likeness (QED) is 0.702. The lowest BCUT2D eigenvalue weighted by atomic mass is 10.1. The van der Waals surface area contributed by atoms with Crippen molar-refractivity contribution in [1.29, 1.82) is 0 Å². The zero-order chi connectivity index (χ0) is 12.9. The monoisotopic (exact) mass is 237 g/mol. The summed E-state index contributed by atoms with van der Waals surface area (Å²) in [6.45, 7) is 9.94. The zero-order valence-corrected chi connectivity index (χ0v) is 11.4. The Balaban J connectivity index is 2.83. The maximum Gasteiger partial charge on any atom is 0.132 e. The van der Waals surface area contributed by atoms with E-state index in [2.05, 4.69) is 46.7 Å². The molecule has 0 aromatic carbocycles. The van der Waals surface area contributed by atoms with Crippen molar-refractivity contribution in [3.63, 3.8) is 0 Å². The molecule has 0 unspecified atom stereocenters. The van der Waals surface area contributed by atoms with Crippen LogP contribution in [-0.4, -0.2) is 35.6 Å². The second-order valence-corrected chi connectivity index (χ2v) is 4.76. The van der Waals surface area contributed by atoms with E-state index in [1.807, 2.05) is 20.0 Å². The lowest BCUT2D eigenvalue weighted by molar-refractivity contribution is 0.528. The van der Waals surface area contributed by atoms with E-state index in [9.17, 15) is 0 Å². The molecule has 0 atom stereocenters. The van der Waals surface area contributed by atoms with Crippen LogP contribution in [0.2, 0.25) is 0 Å². The van der Waals surface area contributed by atoms with Crippen LogP contribution in [0.3, 0.4) is 0 Å². The van der Waals surface area contributed by atoms with Gasteiger partial charge in [-0.25, -0.2) is 9.97 Å². The van der Waals surface area contributed by atoms with Crippen molar-refractivity contribution >= 4 is 11.6 Å². The van der Waals surface area contributed by atoms with Gasteiger partial charge in [-0.05, 0) is 34.7 Å². The number of hydrogen-bond acceptors (Lipinski definition) is 5. The molecule has 0 spiro atoms. The van der Waals surface area contributed by atoms with Gasteiger partial charge in [0.1, 0.15) is 17.5 Å². The fourth-order valence-electron chi connectivity index (χ4n) is 1.74. The number of likely N-dealkylation sites (N-methyl/N-ethyl adjacent to an activating group) is 1. The fourth-order valence-corrected chi connectivity index (χ4v) is 1.74. The second kappa shape index (κ2) is 5.82. The number of aromatic nitrogens is 2. The van der Waals surface area contributed by atoms with Crippen LogP contribution in [0, 0.1) is 6.92 Å². The molecular weight excluding hydrogens is 214 g/mol. The molecule has 5 heteroatoms. The third-order valence-corrected chi connectivity index (χ3v) is 2.28. The molecule has 0 radical (unpaired) electrons.